The summed E-state index contributed by atoms with van der Waals surface area (Å²) in [5, 5.41) is 0. The van der Waals surface area contributed by atoms with Crippen LogP contribution in [0.3, 0.4) is 0 Å². The number of ether oxygens (including phenoxy) is 1. The molecule has 0 aliphatic heterocycles. The van der Waals surface area contributed by atoms with Gasteiger partial charge in [0.25, 0.3) is 0 Å². The molecule has 0 saturated carbocycles. The minimum atomic E-state index is -0.417. The fourth-order valence-corrected chi connectivity index (χ4v) is 1.79. The van der Waals surface area contributed by atoms with Crippen molar-refractivity contribution in [3.8, 4) is 5.75 Å². The molecule has 1 aromatic carbocycles. The quantitative estimate of drug-likeness (QED) is 0.638. The van der Waals surface area contributed by atoms with Crippen LogP contribution in [0.5, 0.6) is 5.75 Å². The van der Waals surface area contributed by atoms with Gasteiger partial charge in [0.1, 0.15) is 0 Å². The van der Waals surface area contributed by atoms with Gasteiger partial charge in [-0.15, -0.1) is 0 Å². The first kappa shape index (κ1) is 12.5. The lowest BCUT2D eigenvalue weighted by molar-refractivity contribution is 0.385. The Morgan fingerprint density at radius 3 is 2.72 bits per heavy atom. The van der Waals surface area contributed by atoms with Gasteiger partial charge >= 0.3 is 0 Å². The molecule has 1 aromatic heterocycles. The second-order valence-electron chi connectivity index (χ2n) is 3.78. The Kier molecular flexibility index (Phi) is 3.86. The molecule has 0 radical (unpaired) electrons. The van der Waals surface area contributed by atoms with Crippen LogP contribution in [0.15, 0.2) is 42.7 Å². The first-order valence-electron chi connectivity index (χ1n) is 5.45. The number of halogens is 1. The number of hydrazine groups is 1. The molecular formula is C13H14FN3O. The van der Waals surface area contributed by atoms with Gasteiger partial charge in [0, 0.05) is 12.4 Å². The molecule has 18 heavy (non-hydrogen) atoms. The van der Waals surface area contributed by atoms with E-state index >= 15 is 0 Å². The molecule has 3 N–H and O–H groups in total. The molecule has 1 heterocycles. The van der Waals surface area contributed by atoms with Crippen LogP contribution < -0.4 is 16.0 Å². The van der Waals surface area contributed by atoms with Gasteiger partial charge in [-0.1, -0.05) is 12.1 Å². The predicted octanol–water partition coefficient (Wildman–Crippen LogP) is 1.78. The third-order valence-electron chi connectivity index (χ3n) is 2.69. The fourth-order valence-electron chi connectivity index (χ4n) is 1.79. The molecule has 0 saturated heterocycles. The molecule has 0 spiro atoms. The third-order valence-corrected chi connectivity index (χ3v) is 2.69. The molecule has 94 valence electrons. The summed E-state index contributed by atoms with van der Waals surface area (Å²) in [7, 11) is 1.43. The molecule has 0 bridgehead atoms. The average Bonchev–Trinajstić information content (AvgIpc) is 2.41. The molecule has 1 unspecified atom stereocenters. The van der Waals surface area contributed by atoms with Crippen LogP contribution in [0, 0.1) is 5.82 Å². The normalized spacial score (nSPS) is 12.2. The lowest BCUT2D eigenvalue weighted by atomic mass is 10.0. The van der Waals surface area contributed by atoms with Gasteiger partial charge in [0.05, 0.1) is 13.2 Å². The molecule has 0 amide bonds. The van der Waals surface area contributed by atoms with Crippen LogP contribution in [-0.2, 0) is 0 Å². The maximum Gasteiger partial charge on any atom is 0.165 e. The van der Waals surface area contributed by atoms with Crippen LogP contribution in [0.1, 0.15) is 17.2 Å². The van der Waals surface area contributed by atoms with E-state index in [0.29, 0.717) is 5.56 Å². The Bertz CT molecular complexity index is 519. The van der Waals surface area contributed by atoms with E-state index in [-0.39, 0.29) is 11.8 Å². The van der Waals surface area contributed by atoms with Gasteiger partial charge in [-0.25, -0.2) is 9.82 Å². The molecule has 5 heteroatoms. The number of pyridine rings is 1. The largest absolute Gasteiger partial charge is 0.494 e. The van der Waals surface area contributed by atoms with Crippen molar-refractivity contribution < 1.29 is 9.13 Å². The number of methoxy groups -OCH3 is 1. The Hall–Kier alpha value is -1.98. The van der Waals surface area contributed by atoms with Crippen molar-refractivity contribution >= 4 is 0 Å². The summed E-state index contributed by atoms with van der Waals surface area (Å²) in [6, 6.07) is 8.11. The van der Waals surface area contributed by atoms with Crippen molar-refractivity contribution in [1.82, 2.24) is 10.4 Å². The zero-order chi connectivity index (χ0) is 13.0. The smallest absolute Gasteiger partial charge is 0.165 e. The van der Waals surface area contributed by atoms with Gasteiger partial charge in [-0.05, 0) is 29.3 Å². The summed E-state index contributed by atoms with van der Waals surface area (Å²) >= 11 is 0. The van der Waals surface area contributed by atoms with Crippen LogP contribution in [0.2, 0.25) is 0 Å². The highest BCUT2D eigenvalue weighted by molar-refractivity contribution is 5.35. The van der Waals surface area contributed by atoms with Crippen molar-refractivity contribution in [3.05, 3.63) is 59.7 Å². The minimum Gasteiger partial charge on any atom is -0.494 e. The van der Waals surface area contributed by atoms with Crippen molar-refractivity contribution in [2.24, 2.45) is 5.84 Å². The number of hydrogen-bond acceptors (Lipinski definition) is 4. The van der Waals surface area contributed by atoms with Crippen molar-refractivity contribution in [2.75, 3.05) is 7.11 Å². The molecule has 4 nitrogen and oxygen atoms in total. The standard InChI is InChI=1S/C13H14FN3O/c1-18-12-5-4-9(7-11(12)14)13(17-15)10-3-2-6-16-8-10/h2-8,13,17H,15H2,1H3. The number of rotatable bonds is 4. The lowest BCUT2D eigenvalue weighted by Crippen LogP contribution is -2.29. The van der Waals surface area contributed by atoms with Gasteiger partial charge in [0.15, 0.2) is 11.6 Å². The SMILES string of the molecule is COc1ccc(C(NN)c2cccnc2)cc1F. The number of benzene rings is 1. The highest BCUT2D eigenvalue weighted by atomic mass is 19.1. The van der Waals surface area contributed by atoms with Crippen LogP contribution >= 0.6 is 0 Å². The van der Waals surface area contributed by atoms with E-state index in [1.165, 1.54) is 13.2 Å². The Balaban J connectivity index is 2.37. The van der Waals surface area contributed by atoms with Gasteiger partial charge in [0.2, 0.25) is 0 Å². The van der Waals surface area contributed by atoms with Crippen LogP contribution in [-0.4, -0.2) is 12.1 Å². The van der Waals surface area contributed by atoms with E-state index in [4.69, 9.17) is 10.6 Å². The maximum absolute atomic E-state index is 13.7. The van der Waals surface area contributed by atoms with E-state index in [1.54, 1.807) is 30.6 Å². The summed E-state index contributed by atoms with van der Waals surface area (Å²) in [4.78, 5) is 4.02. The monoisotopic (exact) mass is 247 g/mol. The molecule has 0 aliphatic carbocycles. The molecule has 0 aliphatic rings. The Morgan fingerprint density at radius 1 is 1.33 bits per heavy atom. The summed E-state index contributed by atoms with van der Waals surface area (Å²) in [5.41, 5.74) is 4.23. The second kappa shape index (κ2) is 5.57. The summed E-state index contributed by atoms with van der Waals surface area (Å²) in [6.07, 6.45) is 3.36. The minimum absolute atomic E-state index is 0.209. The third kappa shape index (κ3) is 2.47. The van der Waals surface area contributed by atoms with E-state index < -0.39 is 5.82 Å². The first-order chi connectivity index (χ1) is 8.76. The second-order valence-corrected chi connectivity index (χ2v) is 3.78. The van der Waals surface area contributed by atoms with E-state index in [2.05, 4.69) is 10.4 Å². The average molecular weight is 247 g/mol. The highest BCUT2D eigenvalue weighted by Crippen LogP contribution is 2.25. The lowest BCUT2D eigenvalue weighted by Gasteiger charge is -2.17. The Labute approximate surface area is 105 Å². The van der Waals surface area contributed by atoms with Gasteiger partial charge in [-0.2, -0.15) is 0 Å². The van der Waals surface area contributed by atoms with Crippen molar-refractivity contribution in [3.63, 3.8) is 0 Å². The number of nitrogens with two attached hydrogens (primary N) is 1. The molecule has 2 aromatic rings. The van der Waals surface area contributed by atoms with Gasteiger partial charge in [-0.3, -0.25) is 10.8 Å². The highest BCUT2D eigenvalue weighted by Gasteiger charge is 2.14. The Morgan fingerprint density at radius 2 is 2.17 bits per heavy atom. The van der Waals surface area contributed by atoms with Crippen molar-refractivity contribution in [1.29, 1.82) is 0 Å². The van der Waals surface area contributed by atoms with E-state index in [0.717, 1.165) is 5.56 Å². The number of hydrogen-bond donors (Lipinski definition) is 2. The zero-order valence-corrected chi connectivity index (χ0v) is 9.93. The van der Waals surface area contributed by atoms with Crippen LogP contribution in [0.4, 0.5) is 4.39 Å². The van der Waals surface area contributed by atoms with Crippen LogP contribution in [0.25, 0.3) is 0 Å². The zero-order valence-electron chi connectivity index (χ0n) is 9.93. The fraction of sp³-hybridized carbons (Fsp3) is 0.154. The maximum atomic E-state index is 13.7. The molecule has 2 rings (SSSR count). The molecular weight excluding hydrogens is 233 g/mol. The van der Waals surface area contributed by atoms with Gasteiger partial charge < -0.3 is 4.74 Å². The molecule has 1 atom stereocenters. The molecule has 0 fully saturated rings. The van der Waals surface area contributed by atoms with E-state index in [9.17, 15) is 4.39 Å². The summed E-state index contributed by atoms with van der Waals surface area (Å²) in [5.74, 6) is 5.32. The van der Waals surface area contributed by atoms with Crippen molar-refractivity contribution in [2.45, 2.75) is 6.04 Å². The van der Waals surface area contributed by atoms with E-state index in [1.807, 2.05) is 6.07 Å². The number of aromatic nitrogens is 1. The number of nitrogens with one attached hydrogen (secondary N) is 1. The summed E-state index contributed by atoms with van der Waals surface area (Å²) < 4.78 is 18.5. The topological polar surface area (TPSA) is 60.2 Å². The summed E-state index contributed by atoms with van der Waals surface area (Å²) in [6.45, 7) is 0. The first-order valence-corrected chi connectivity index (χ1v) is 5.45. The number of nitrogens with zero attached hydrogens (tertiary/aromatic N) is 1. The predicted molar refractivity (Wildman–Crippen MR) is 66.4 cm³/mol.